The van der Waals surface area contributed by atoms with E-state index in [0.29, 0.717) is 0 Å². The molecule has 2 N–H and O–H groups in total. The molecule has 0 saturated heterocycles. The molecule has 0 fully saturated rings. The van der Waals surface area contributed by atoms with Gasteiger partial charge in [-0.05, 0) is 43.4 Å². The Kier molecular flexibility index (Phi) is 7.11. The minimum atomic E-state index is -0.109. The molecule has 0 atom stereocenters. The first-order valence-electron chi connectivity index (χ1n) is 7.57. The highest BCUT2D eigenvalue weighted by atomic mass is 16.5. The van der Waals surface area contributed by atoms with E-state index in [1.54, 1.807) is 0 Å². The van der Waals surface area contributed by atoms with E-state index in [1.807, 2.05) is 7.11 Å². The Bertz CT molecular complexity index is 356. The fourth-order valence-electron chi connectivity index (χ4n) is 2.86. The predicted octanol–water partition coefficient (Wildman–Crippen LogP) is 4.02. The van der Waals surface area contributed by atoms with Gasteiger partial charge in [0.15, 0.2) is 0 Å². The van der Waals surface area contributed by atoms with Crippen molar-refractivity contribution in [3.05, 3.63) is 35.4 Å². The maximum Gasteiger partial charge on any atom is 0.0927 e. The normalized spacial score (nSPS) is 11.8. The molecule has 0 bridgehead atoms. The Hall–Kier alpha value is -0.860. The van der Waals surface area contributed by atoms with Gasteiger partial charge in [0.25, 0.3) is 0 Å². The number of benzene rings is 1. The number of ether oxygens (including phenoxy) is 1. The van der Waals surface area contributed by atoms with Crippen LogP contribution in [-0.4, -0.2) is 13.7 Å². The molecule has 0 aliphatic heterocycles. The van der Waals surface area contributed by atoms with Crippen LogP contribution in [0.3, 0.4) is 0 Å². The molecule has 108 valence electrons. The lowest BCUT2D eigenvalue weighted by molar-refractivity contribution is -0.0308. The summed E-state index contributed by atoms with van der Waals surface area (Å²) in [6, 6.07) is 8.86. The van der Waals surface area contributed by atoms with E-state index in [0.717, 1.165) is 45.1 Å². The van der Waals surface area contributed by atoms with Crippen LogP contribution >= 0.6 is 0 Å². The molecule has 0 spiro atoms. The molecular weight excluding hydrogens is 234 g/mol. The number of rotatable bonds is 9. The van der Waals surface area contributed by atoms with Gasteiger partial charge in [-0.15, -0.1) is 0 Å². The summed E-state index contributed by atoms with van der Waals surface area (Å²) in [6.07, 6.45) is 6.55. The summed E-state index contributed by atoms with van der Waals surface area (Å²) in [5.74, 6) is 0. The molecule has 1 rings (SSSR count). The Balaban J connectivity index is 3.00. The average Bonchev–Trinajstić information content (AvgIpc) is 2.45. The van der Waals surface area contributed by atoms with Gasteiger partial charge in [0.2, 0.25) is 0 Å². The van der Waals surface area contributed by atoms with E-state index in [9.17, 15) is 0 Å². The Labute approximate surface area is 118 Å². The number of methoxy groups -OCH3 is 1. The minimum absolute atomic E-state index is 0.109. The van der Waals surface area contributed by atoms with Gasteiger partial charge in [-0.25, -0.2) is 0 Å². The molecule has 0 unspecified atom stereocenters. The summed E-state index contributed by atoms with van der Waals surface area (Å²) in [5.41, 5.74) is 8.19. The van der Waals surface area contributed by atoms with Crippen LogP contribution in [0, 0.1) is 0 Å². The second kappa shape index (κ2) is 8.34. The van der Waals surface area contributed by atoms with E-state index in [-0.39, 0.29) is 5.60 Å². The van der Waals surface area contributed by atoms with Gasteiger partial charge in [-0.3, -0.25) is 0 Å². The number of nitrogens with two attached hydrogens (primary N) is 1. The summed E-state index contributed by atoms with van der Waals surface area (Å²) in [4.78, 5) is 0. The average molecular weight is 263 g/mol. The highest BCUT2D eigenvalue weighted by Gasteiger charge is 2.30. The first-order chi connectivity index (χ1) is 9.22. The third kappa shape index (κ3) is 4.32. The van der Waals surface area contributed by atoms with Crippen molar-refractivity contribution in [1.82, 2.24) is 0 Å². The molecular formula is C17H29NO. The van der Waals surface area contributed by atoms with Crippen LogP contribution in [0.2, 0.25) is 0 Å². The fraction of sp³-hybridized carbons (Fsp3) is 0.647. The van der Waals surface area contributed by atoms with Gasteiger partial charge in [0.05, 0.1) is 5.60 Å². The summed E-state index contributed by atoms with van der Waals surface area (Å²) >= 11 is 0. The van der Waals surface area contributed by atoms with Crippen LogP contribution < -0.4 is 5.73 Å². The summed E-state index contributed by atoms with van der Waals surface area (Å²) in [7, 11) is 1.85. The van der Waals surface area contributed by atoms with Gasteiger partial charge in [-0.2, -0.15) is 0 Å². The third-order valence-corrected chi connectivity index (χ3v) is 3.82. The molecule has 0 heterocycles. The second-order valence-corrected chi connectivity index (χ2v) is 5.29. The van der Waals surface area contributed by atoms with Crippen molar-refractivity contribution in [2.75, 3.05) is 13.7 Å². The van der Waals surface area contributed by atoms with Crippen molar-refractivity contribution in [1.29, 1.82) is 0 Å². The molecule has 0 amide bonds. The SMILES string of the molecule is CCCC(CCC)(OC)c1cccc(CCCN)c1. The van der Waals surface area contributed by atoms with Gasteiger partial charge >= 0.3 is 0 Å². The van der Waals surface area contributed by atoms with Gasteiger partial charge in [-0.1, -0.05) is 51.0 Å². The van der Waals surface area contributed by atoms with E-state index >= 15 is 0 Å². The monoisotopic (exact) mass is 263 g/mol. The van der Waals surface area contributed by atoms with Crippen LogP contribution in [0.25, 0.3) is 0 Å². The quantitative estimate of drug-likeness (QED) is 0.730. The fourth-order valence-corrected chi connectivity index (χ4v) is 2.86. The van der Waals surface area contributed by atoms with Crippen LogP contribution in [0.5, 0.6) is 0 Å². The third-order valence-electron chi connectivity index (χ3n) is 3.82. The van der Waals surface area contributed by atoms with Crippen molar-refractivity contribution in [2.45, 2.75) is 58.0 Å². The number of hydrogen-bond donors (Lipinski definition) is 1. The molecule has 0 radical (unpaired) electrons. The van der Waals surface area contributed by atoms with E-state index in [2.05, 4.69) is 38.1 Å². The summed E-state index contributed by atoms with van der Waals surface area (Å²) in [5, 5.41) is 0. The van der Waals surface area contributed by atoms with Gasteiger partial charge in [0.1, 0.15) is 0 Å². The highest BCUT2D eigenvalue weighted by molar-refractivity contribution is 5.29. The lowest BCUT2D eigenvalue weighted by atomic mass is 9.84. The number of hydrogen-bond acceptors (Lipinski definition) is 2. The predicted molar refractivity (Wildman–Crippen MR) is 82.3 cm³/mol. The molecule has 0 aliphatic rings. The Morgan fingerprint density at radius 2 is 1.84 bits per heavy atom. The van der Waals surface area contributed by atoms with Crippen LogP contribution in [0.15, 0.2) is 24.3 Å². The number of aryl methyl sites for hydroxylation is 1. The maximum atomic E-state index is 5.94. The zero-order valence-corrected chi connectivity index (χ0v) is 12.7. The molecule has 1 aromatic carbocycles. The van der Waals surface area contributed by atoms with Crippen molar-refractivity contribution < 1.29 is 4.74 Å². The molecule has 2 nitrogen and oxygen atoms in total. The summed E-state index contributed by atoms with van der Waals surface area (Å²) < 4.78 is 5.94. The van der Waals surface area contributed by atoms with Gasteiger partial charge in [0, 0.05) is 7.11 Å². The van der Waals surface area contributed by atoms with Crippen molar-refractivity contribution >= 4 is 0 Å². The molecule has 2 heteroatoms. The zero-order chi connectivity index (χ0) is 14.1. The van der Waals surface area contributed by atoms with Crippen LogP contribution in [0.4, 0.5) is 0 Å². The lowest BCUT2D eigenvalue weighted by Crippen LogP contribution is -2.28. The van der Waals surface area contributed by atoms with E-state index in [4.69, 9.17) is 10.5 Å². The smallest absolute Gasteiger partial charge is 0.0927 e. The van der Waals surface area contributed by atoms with E-state index < -0.39 is 0 Å². The van der Waals surface area contributed by atoms with Gasteiger partial charge < -0.3 is 10.5 Å². The second-order valence-electron chi connectivity index (χ2n) is 5.29. The van der Waals surface area contributed by atoms with E-state index in [1.165, 1.54) is 11.1 Å². The van der Waals surface area contributed by atoms with Crippen molar-refractivity contribution in [3.8, 4) is 0 Å². The highest BCUT2D eigenvalue weighted by Crippen LogP contribution is 2.35. The molecule has 0 aromatic heterocycles. The van der Waals surface area contributed by atoms with Crippen LogP contribution in [0.1, 0.15) is 57.1 Å². The Morgan fingerprint density at radius 1 is 1.16 bits per heavy atom. The zero-order valence-electron chi connectivity index (χ0n) is 12.7. The molecule has 0 saturated carbocycles. The first-order valence-corrected chi connectivity index (χ1v) is 7.57. The standard InChI is InChI=1S/C17H29NO/c1-4-11-17(19-3,12-5-2)16-10-6-8-15(14-16)9-7-13-18/h6,8,10,14H,4-5,7,9,11-13,18H2,1-3H3. The molecule has 1 aromatic rings. The largest absolute Gasteiger partial charge is 0.374 e. The Morgan fingerprint density at radius 3 is 2.37 bits per heavy atom. The van der Waals surface area contributed by atoms with Crippen molar-refractivity contribution in [3.63, 3.8) is 0 Å². The minimum Gasteiger partial charge on any atom is -0.374 e. The first kappa shape index (κ1) is 16.2. The topological polar surface area (TPSA) is 35.2 Å². The van der Waals surface area contributed by atoms with Crippen molar-refractivity contribution in [2.24, 2.45) is 5.73 Å². The molecule has 19 heavy (non-hydrogen) atoms. The maximum absolute atomic E-state index is 5.94. The molecule has 0 aliphatic carbocycles. The lowest BCUT2D eigenvalue weighted by Gasteiger charge is -2.33. The summed E-state index contributed by atoms with van der Waals surface area (Å²) in [6.45, 7) is 5.20. The van der Waals surface area contributed by atoms with Crippen LogP contribution in [-0.2, 0) is 16.8 Å².